The number of sulfone groups is 1. The smallest absolute Gasteiger partial charge is 0.335 e. The average molecular weight is 474 g/mol. The first kappa shape index (κ1) is 21.0. The summed E-state index contributed by atoms with van der Waals surface area (Å²) in [5, 5.41) is 17.5. The number of rotatable bonds is 5. The van der Waals surface area contributed by atoms with Gasteiger partial charge >= 0.3 is 5.97 Å². The van der Waals surface area contributed by atoms with Crippen molar-refractivity contribution < 1.29 is 18.3 Å². The lowest BCUT2D eigenvalue weighted by Gasteiger charge is -2.10. The van der Waals surface area contributed by atoms with Gasteiger partial charge in [-0.25, -0.2) is 17.9 Å². The summed E-state index contributed by atoms with van der Waals surface area (Å²) in [5.74, 6) is -1.13. The molecule has 0 fully saturated rings. The summed E-state index contributed by atoms with van der Waals surface area (Å²) in [5.41, 5.74) is 0.975. The largest absolute Gasteiger partial charge is 0.478 e. The molecular formula is C21H13Cl2N3O4S. The fourth-order valence-electron chi connectivity index (χ4n) is 3.02. The predicted octanol–water partition coefficient (Wildman–Crippen LogP) is 4.77. The maximum absolute atomic E-state index is 13.4. The lowest BCUT2D eigenvalue weighted by atomic mass is 10.1. The zero-order chi connectivity index (χ0) is 22.2. The Kier molecular flexibility index (Phi) is 5.53. The van der Waals surface area contributed by atoms with E-state index in [2.05, 4.69) is 10.3 Å². The second-order valence-corrected chi connectivity index (χ2v) is 9.13. The molecule has 31 heavy (non-hydrogen) atoms. The molecule has 0 aliphatic rings. The summed E-state index contributed by atoms with van der Waals surface area (Å²) in [6, 6.07) is 18.4. The van der Waals surface area contributed by atoms with Gasteiger partial charge < -0.3 is 5.11 Å². The molecule has 0 aliphatic heterocycles. The van der Waals surface area contributed by atoms with E-state index in [1.807, 2.05) is 0 Å². The Morgan fingerprint density at radius 3 is 2.32 bits per heavy atom. The third-order valence-corrected chi connectivity index (χ3v) is 6.89. The highest BCUT2D eigenvalue weighted by Gasteiger charge is 2.30. The highest BCUT2D eigenvalue weighted by Crippen LogP contribution is 2.34. The van der Waals surface area contributed by atoms with E-state index in [0.717, 1.165) is 0 Å². The standard InChI is InChI=1S/C21H13Cl2N3O4S/c22-15-10-8-13(9-11-15)19-20(31(29,30)18-7-2-1-6-17(18)23)24-25-26(19)16-5-3-4-14(12-16)21(27)28/h1-12H,(H,27,28). The molecule has 0 atom stereocenters. The number of halogens is 2. The fraction of sp³-hybridized carbons (Fsp3) is 0. The van der Waals surface area contributed by atoms with Gasteiger partial charge in [-0.15, -0.1) is 5.10 Å². The van der Waals surface area contributed by atoms with Crippen LogP contribution in [0.2, 0.25) is 10.0 Å². The second kappa shape index (κ2) is 8.14. The molecule has 0 saturated heterocycles. The van der Waals surface area contributed by atoms with Gasteiger partial charge in [-0.1, -0.05) is 58.7 Å². The minimum absolute atomic E-state index is 0.0190. The van der Waals surface area contributed by atoms with Crippen molar-refractivity contribution in [3.05, 3.63) is 88.4 Å². The minimum atomic E-state index is -4.15. The highest BCUT2D eigenvalue weighted by atomic mass is 35.5. The Labute approximate surface area is 187 Å². The molecule has 0 spiro atoms. The normalized spacial score (nSPS) is 11.4. The van der Waals surface area contributed by atoms with E-state index in [1.165, 1.54) is 35.0 Å². The van der Waals surface area contributed by atoms with Gasteiger partial charge in [0.1, 0.15) is 5.69 Å². The molecule has 156 valence electrons. The van der Waals surface area contributed by atoms with Gasteiger partial charge in [0.2, 0.25) is 14.9 Å². The van der Waals surface area contributed by atoms with Crippen LogP contribution in [0.25, 0.3) is 16.9 Å². The Morgan fingerprint density at radius 1 is 0.935 bits per heavy atom. The molecular weight excluding hydrogens is 461 g/mol. The van der Waals surface area contributed by atoms with Crippen LogP contribution in [0.5, 0.6) is 0 Å². The number of nitrogens with zero attached hydrogens (tertiary/aromatic N) is 3. The number of carboxylic acids is 1. The van der Waals surface area contributed by atoms with Crippen molar-refractivity contribution >= 4 is 39.0 Å². The third kappa shape index (κ3) is 3.93. The van der Waals surface area contributed by atoms with Crippen LogP contribution in [0.4, 0.5) is 0 Å². The second-order valence-electron chi connectivity index (χ2n) is 6.45. The van der Waals surface area contributed by atoms with Crippen molar-refractivity contribution in [3.63, 3.8) is 0 Å². The van der Waals surface area contributed by atoms with E-state index in [1.54, 1.807) is 42.5 Å². The Bertz CT molecular complexity index is 1400. The molecule has 4 aromatic rings. The first-order valence-electron chi connectivity index (χ1n) is 8.84. The molecule has 3 aromatic carbocycles. The van der Waals surface area contributed by atoms with Crippen LogP contribution in [-0.2, 0) is 9.84 Å². The molecule has 0 aliphatic carbocycles. The quantitative estimate of drug-likeness (QED) is 0.447. The number of carboxylic acid groups (broad SMARTS) is 1. The van der Waals surface area contributed by atoms with Crippen molar-refractivity contribution in [2.45, 2.75) is 9.92 Å². The molecule has 1 heterocycles. The molecule has 0 saturated carbocycles. The first-order chi connectivity index (χ1) is 14.8. The molecule has 10 heteroatoms. The molecule has 4 rings (SSSR count). The Morgan fingerprint density at radius 2 is 1.65 bits per heavy atom. The Balaban J connectivity index is 2.00. The van der Waals surface area contributed by atoms with Gasteiger partial charge in [0, 0.05) is 10.6 Å². The Hall–Kier alpha value is -3.20. The summed E-state index contributed by atoms with van der Waals surface area (Å²) in [6.07, 6.45) is 0. The van der Waals surface area contributed by atoms with Gasteiger partial charge in [0.05, 0.1) is 21.2 Å². The summed E-state index contributed by atoms with van der Waals surface area (Å²) in [6.45, 7) is 0. The summed E-state index contributed by atoms with van der Waals surface area (Å²) < 4.78 is 28.1. The summed E-state index contributed by atoms with van der Waals surface area (Å²) in [4.78, 5) is 11.3. The van der Waals surface area contributed by atoms with Crippen LogP contribution in [0.3, 0.4) is 0 Å². The predicted molar refractivity (Wildman–Crippen MR) is 116 cm³/mol. The molecule has 1 N–H and O–H groups in total. The number of hydrogen-bond acceptors (Lipinski definition) is 5. The van der Waals surface area contributed by atoms with Crippen LogP contribution in [-0.4, -0.2) is 34.5 Å². The van der Waals surface area contributed by atoms with Crippen LogP contribution in [0, 0.1) is 0 Å². The summed E-state index contributed by atoms with van der Waals surface area (Å²) >= 11 is 12.1. The number of aromatic carboxylic acids is 1. The van der Waals surface area contributed by atoms with Crippen LogP contribution >= 0.6 is 23.2 Å². The number of benzene rings is 3. The van der Waals surface area contributed by atoms with Crippen molar-refractivity contribution in [1.29, 1.82) is 0 Å². The SMILES string of the molecule is O=C(O)c1cccc(-n2nnc(S(=O)(=O)c3ccccc3Cl)c2-c2ccc(Cl)cc2)c1. The van der Waals surface area contributed by atoms with Crippen LogP contribution < -0.4 is 0 Å². The molecule has 0 bridgehead atoms. The maximum Gasteiger partial charge on any atom is 0.335 e. The van der Waals surface area contributed by atoms with Crippen LogP contribution in [0.15, 0.2) is 82.7 Å². The average Bonchev–Trinajstić information content (AvgIpc) is 3.20. The summed E-state index contributed by atoms with van der Waals surface area (Å²) in [7, 11) is -4.15. The van der Waals surface area contributed by atoms with Gasteiger partial charge in [-0.05, 0) is 42.5 Å². The number of hydrogen-bond donors (Lipinski definition) is 1. The number of aromatic nitrogens is 3. The van der Waals surface area contributed by atoms with Crippen LogP contribution in [0.1, 0.15) is 10.4 Å². The monoisotopic (exact) mass is 473 g/mol. The molecule has 0 unspecified atom stereocenters. The van der Waals surface area contributed by atoms with E-state index >= 15 is 0 Å². The minimum Gasteiger partial charge on any atom is -0.478 e. The molecule has 0 radical (unpaired) electrons. The highest BCUT2D eigenvalue weighted by molar-refractivity contribution is 7.91. The topological polar surface area (TPSA) is 102 Å². The van der Waals surface area contributed by atoms with E-state index in [-0.39, 0.29) is 26.2 Å². The molecule has 7 nitrogen and oxygen atoms in total. The van der Waals surface area contributed by atoms with Crippen molar-refractivity contribution in [2.75, 3.05) is 0 Å². The van der Waals surface area contributed by atoms with Crippen molar-refractivity contribution in [1.82, 2.24) is 15.0 Å². The lowest BCUT2D eigenvalue weighted by Crippen LogP contribution is -2.07. The lowest BCUT2D eigenvalue weighted by molar-refractivity contribution is 0.0697. The van der Waals surface area contributed by atoms with Crippen molar-refractivity contribution in [3.8, 4) is 16.9 Å². The zero-order valence-electron chi connectivity index (χ0n) is 15.6. The zero-order valence-corrected chi connectivity index (χ0v) is 17.9. The maximum atomic E-state index is 13.4. The molecule has 0 amide bonds. The third-order valence-electron chi connectivity index (χ3n) is 4.48. The van der Waals surface area contributed by atoms with E-state index < -0.39 is 15.8 Å². The fourth-order valence-corrected chi connectivity index (χ4v) is 4.98. The first-order valence-corrected chi connectivity index (χ1v) is 11.1. The van der Waals surface area contributed by atoms with Gasteiger partial charge in [-0.2, -0.15) is 0 Å². The number of carbonyl (C=O) groups is 1. The van der Waals surface area contributed by atoms with Crippen molar-refractivity contribution in [2.24, 2.45) is 0 Å². The van der Waals surface area contributed by atoms with Gasteiger partial charge in [0.15, 0.2) is 0 Å². The van der Waals surface area contributed by atoms with Gasteiger partial charge in [0.25, 0.3) is 0 Å². The van der Waals surface area contributed by atoms with E-state index in [9.17, 15) is 18.3 Å². The van der Waals surface area contributed by atoms with E-state index in [0.29, 0.717) is 16.3 Å². The van der Waals surface area contributed by atoms with E-state index in [4.69, 9.17) is 23.2 Å². The molecule has 1 aromatic heterocycles. The van der Waals surface area contributed by atoms with Gasteiger partial charge in [-0.3, -0.25) is 0 Å².